The maximum atomic E-state index is 13.7. The van der Waals surface area contributed by atoms with Crippen molar-refractivity contribution in [1.29, 1.82) is 0 Å². The van der Waals surface area contributed by atoms with Gasteiger partial charge >= 0.3 is 0 Å². The van der Waals surface area contributed by atoms with Gasteiger partial charge in [-0.2, -0.15) is 0 Å². The summed E-state index contributed by atoms with van der Waals surface area (Å²) in [5.41, 5.74) is 7.67. The second-order valence-corrected chi connectivity index (χ2v) is 13.8. The zero-order valence-corrected chi connectivity index (χ0v) is 32.3. The van der Waals surface area contributed by atoms with E-state index in [9.17, 15) is 18.7 Å². The average Bonchev–Trinajstić information content (AvgIpc) is 3.39. The maximum absolute atomic E-state index is 13.7. The van der Waals surface area contributed by atoms with Gasteiger partial charge in [0.25, 0.3) is 5.92 Å². The van der Waals surface area contributed by atoms with Gasteiger partial charge in [-0.25, -0.2) is 8.78 Å². The Balaban J connectivity index is 0.000000301. The fourth-order valence-corrected chi connectivity index (χ4v) is 6.18. The predicted octanol–water partition coefficient (Wildman–Crippen LogP) is 11.7. The Morgan fingerprint density at radius 1 is 0.979 bits per heavy atom. The summed E-state index contributed by atoms with van der Waals surface area (Å²) in [4.78, 5) is 16.8. The van der Waals surface area contributed by atoms with Crippen LogP contribution < -0.4 is 0 Å². The van der Waals surface area contributed by atoms with Crippen molar-refractivity contribution in [3.63, 3.8) is 0 Å². The third-order valence-electron chi connectivity index (χ3n) is 10.5. The number of carbonyl (C=O) groups is 1. The van der Waals surface area contributed by atoms with Crippen LogP contribution in [-0.4, -0.2) is 21.8 Å². The molecule has 1 N–H and O–H groups in total. The molecule has 0 saturated carbocycles. The standard InChI is InChI=1S/C26H22F2NO.C15H28O2.Ir/c1-15-10-16(2)12-21(11-15)23-25-22(7-9-29-23)17(3)24(30-25)19-4-5-20-14-26(27,28)8-6-18(20)13-19;1-7-14(5,8-2)12(16)11-13(17)15(6,9-3)10-4;/h4-5,7,9-11,13H,6,8,14H2,1-3H3;11,16H,7-10H2,1-6H3;/q-1;;/b;12-11-;. The molecule has 7 heteroatoms. The molecular formula is C41H50F2IrNO3-. The number of fused-ring (bicyclic) bond motifs is 2. The Kier molecular flexibility index (Phi) is 12.8. The third kappa shape index (κ3) is 8.34. The third-order valence-corrected chi connectivity index (χ3v) is 10.5. The van der Waals surface area contributed by atoms with E-state index in [-0.39, 0.29) is 55.3 Å². The van der Waals surface area contributed by atoms with Crippen LogP contribution in [-0.2, 0) is 37.7 Å². The van der Waals surface area contributed by atoms with Crippen molar-refractivity contribution >= 4 is 16.8 Å². The van der Waals surface area contributed by atoms with Gasteiger partial charge in [-0.05, 0) is 62.3 Å². The van der Waals surface area contributed by atoms with E-state index in [0.717, 1.165) is 87.1 Å². The molecule has 4 nitrogen and oxygen atoms in total. The molecule has 2 aromatic heterocycles. The zero-order valence-electron chi connectivity index (χ0n) is 29.9. The van der Waals surface area contributed by atoms with Crippen molar-refractivity contribution in [2.75, 3.05) is 0 Å². The van der Waals surface area contributed by atoms with E-state index in [1.54, 1.807) is 6.20 Å². The number of aliphatic hydroxyl groups is 1. The Bertz CT molecular complexity index is 1760. The van der Waals surface area contributed by atoms with Crippen molar-refractivity contribution in [2.24, 2.45) is 10.8 Å². The zero-order chi connectivity index (χ0) is 34.7. The number of hydrogen-bond acceptors (Lipinski definition) is 4. The first kappa shape index (κ1) is 39.3. The topological polar surface area (TPSA) is 63.3 Å². The van der Waals surface area contributed by atoms with E-state index in [1.165, 1.54) is 6.08 Å². The summed E-state index contributed by atoms with van der Waals surface area (Å²) in [5, 5.41) is 11.1. The van der Waals surface area contributed by atoms with Gasteiger partial charge in [0.2, 0.25) is 0 Å². The van der Waals surface area contributed by atoms with Gasteiger partial charge < -0.3 is 14.5 Å². The smallest absolute Gasteiger partial charge is 0.252 e. The summed E-state index contributed by atoms with van der Waals surface area (Å²) in [6, 6.07) is 15.2. The summed E-state index contributed by atoms with van der Waals surface area (Å²) in [6.07, 6.45) is 6.66. The number of nitrogens with zero attached hydrogens (tertiary/aromatic N) is 1. The molecule has 0 fully saturated rings. The minimum atomic E-state index is -2.60. The Morgan fingerprint density at radius 3 is 2.23 bits per heavy atom. The number of rotatable bonds is 9. The summed E-state index contributed by atoms with van der Waals surface area (Å²) in [6.45, 7) is 18.2. The Hall–Kier alpha value is -3.15. The van der Waals surface area contributed by atoms with Gasteiger partial charge in [0.1, 0.15) is 17.1 Å². The van der Waals surface area contributed by atoms with Crippen molar-refractivity contribution in [3.8, 4) is 22.6 Å². The van der Waals surface area contributed by atoms with Gasteiger partial charge in [0.05, 0.1) is 0 Å². The monoisotopic (exact) mass is 835 g/mol. The van der Waals surface area contributed by atoms with Crippen LogP contribution in [0.2, 0.25) is 0 Å². The molecule has 2 heterocycles. The Labute approximate surface area is 298 Å². The van der Waals surface area contributed by atoms with E-state index >= 15 is 0 Å². The molecule has 0 saturated heterocycles. The molecule has 0 atom stereocenters. The number of aliphatic hydroxyl groups excluding tert-OH is 1. The number of furan rings is 1. The molecule has 1 aliphatic rings. The Morgan fingerprint density at radius 2 is 1.62 bits per heavy atom. The summed E-state index contributed by atoms with van der Waals surface area (Å²) < 4.78 is 33.8. The molecule has 1 aliphatic carbocycles. The van der Waals surface area contributed by atoms with Crippen molar-refractivity contribution in [2.45, 2.75) is 113 Å². The van der Waals surface area contributed by atoms with Gasteiger partial charge in [-0.15, -0.1) is 34.9 Å². The van der Waals surface area contributed by atoms with Crippen LogP contribution in [0.3, 0.4) is 0 Å². The molecule has 48 heavy (non-hydrogen) atoms. The quantitative estimate of drug-likeness (QED) is 0.104. The number of alkyl halides is 2. The van der Waals surface area contributed by atoms with E-state index < -0.39 is 5.92 Å². The largest absolute Gasteiger partial charge is 0.512 e. The van der Waals surface area contributed by atoms with Crippen LogP contribution in [0, 0.1) is 37.7 Å². The molecule has 0 unspecified atom stereocenters. The minimum Gasteiger partial charge on any atom is -0.512 e. The first-order chi connectivity index (χ1) is 22.1. The maximum Gasteiger partial charge on any atom is 0.252 e. The average molecular weight is 835 g/mol. The van der Waals surface area contributed by atoms with Crippen LogP contribution >= 0.6 is 0 Å². The minimum absolute atomic E-state index is 0. The number of ketones is 1. The van der Waals surface area contributed by atoms with E-state index in [0.29, 0.717) is 6.42 Å². The van der Waals surface area contributed by atoms with Crippen LogP contribution in [0.5, 0.6) is 0 Å². The van der Waals surface area contributed by atoms with Crippen LogP contribution in [0.25, 0.3) is 33.6 Å². The van der Waals surface area contributed by atoms with Crippen molar-refractivity contribution in [3.05, 3.63) is 88.3 Å². The van der Waals surface area contributed by atoms with Gasteiger partial charge in [-0.1, -0.05) is 67.5 Å². The normalized spacial score (nSPS) is 14.5. The first-order valence-electron chi connectivity index (χ1n) is 16.9. The molecule has 261 valence electrons. The SMILES string of the molecule is CCC(C)(CC)C(=O)/C=C(\O)C(C)(CC)CC.Cc1[c-]c(-c2nccc3c(C)c(-c4ccc5c(c4)CCC(F)(F)C5)oc23)cc(C)c1.[Ir]. The summed E-state index contributed by atoms with van der Waals surface area (Å²) >= 11 is 0. The predicted molar refractivity (Wildman–Crippen MR) is 188 cm³/mol. The van der Waals surface area contributed by atoms with Gasteiger partial charge in [-0.3, -0.25) is 4.79 Å². The molecule has 0 spiro atoms. The van der Waals surface area contributed by atoms with Crippen molar-refractivity contribution in [1.82, 2.24) is 4.98 Å². The summed E-state index contributed by atoms with van der Waals surface area (Å²) in [5.74, 6) is -1.55. The van der Waals surface area contributed by atoms with Gasteiger partial charge in [0.15, 0.2) is 5.78 Å². The molecule has 5 rings (SSSR count). The molecule has 0 bridgehead atoms. The van der Waals surface area contributed by atoms with Crippen LogP contribution in [0.15, 0.2) is 58.8 Å². The number of aromatic nitrogens is 1. The van der Waals surface area contributed by atoms with Crippen LogP contribution in [0.1, 0.15) is 101 Å². The fourth-order valence-electron chi connectivity index (χ4n) is 6.18. The molecule has 0 aliphatic heterocycles. The fraction of sp³-hybridized carbons (Fsp3) is 0.463. The molecule has 2 aromatic carbocycles. The second-order valence-electron chi connectivity index (χ2n) is 13.8. The van der Waals surface area contributed by atoms with Gasteiger partial charge in [0, 0.05) is 78.3 Å². The number of aryl methyl sites for hydroxylation is 4. The van der Waals surface area contributed by atoms with E-state index in [4.69, 9.17) is 4.42 Å². The number of benzene rings is 2. The molecule has 0 amide bonds. The summed E-state index contributed by atoms with van der Waals surface area (Å²) in [7, 11) is 0. The number of hydrogen-bond donors (Lipinski definition) is 1. The second kappa shape index (κ2) is 15.6. The molecular weight excluding hydrogens is 785 g/mol. The number of pyridine rings is 1. The molecule has 4 aromatic rings. The number of carbonyl (C=O) groups excluding carboxylic acids is 1. The first-order valence-corrected chi connectivity index (χ1v) is 16.9. The number of halogens is 2. The molecule has 1 radical (unpaired) electrons. The van der Waals surface area contributed by atoms with E-state index in [2.05, 4.69) is 30.1 Å². The van der Waals surface area contributed by atoms with E-state index in [1.807, 2.05) is 79.7 Å². The van der Waals surface area contributed by atoms with Crippen LogP contribution in [0.4, 0.5) is 8.78 Å². The number of allylic oxidation sites excluding steroid dienone is 2. The van der Waals surface area contributed by atoms with Crippen molar-refractivity contribution < 1.29 is 43.2 Å².